The third kappa shape index (κ3) is 5.91. The zero-order valence-electron chi connectivity index (χ0n) is 15.5. The van der Waals surface area contributed by atoms with E-state index in [1.165, 1.54) is 12.1 Å². The summed E-state index contributed by atoms with van der Waals surface area (Å²) in [5.41, 5.74) is 12.8. The van der Waals surface area contributed by atoms with Crippen LogP contribution >= 0.6 is 0 Å². The Labute approximate surface area is 169 Å². The van der Waals surface area contributed by atoms with Crippen LogP contribution < -0.4 is 16.2 Å². The van der Waals surface area contributed by atoms with Gasteiger partial charge in [-0.25, -0.2) is 0 Å². The van der Waals surface area contributed by atoms with Crippen molar-refractivity contribution < 1.29 is 13.2 Å². The van der Waals surface area contributed by atoms with Gasteiger partial charge < -0.3 is 16.2 Å². The van der Waals surface area contributed by atoms with E-state index in [0.717, 1.165) is 16.9 Å². The average Bonchev–Trinajstić information content (AvgIpc) is 2.72. The van der Waals surface area contributed by atoms with Gasteiger partial charge in [-0.05, 0) is 59.7 Å². The van der Waals surface area contributed by atoms with Gasteiger partial charge in [-0.1, -0.05) is 30.3 Å². The van der Waals surface area contributed by atoms with Crippen molar-refractivity contribution in [3.8, 4) is 5.75 Å². The van der Waals surface area contributed by atoms with Crippen LogP contribution in [0, 0.1) is 0 Å². The fourth-order valence-corrected chi connectivity index (χ4v) is 3.30. The highest BCUT2D eigenvalue weighted by Crippen LogP contribution is 2.19. The summed E-state index contributed by atoms with van der Waals surface area (Å²) in [5, 5.41) is 0. The molecule has 0 aliphatic rings. The van der Waals surface area contributed by atoms with Crippen LogP contribution in [0.25, 0.3) is 0 Å². The lowest BCUT2D eigenvalue weighted by Crippen LogP contribution is -2.24. The van der Waals surface area contributed by atoms with E-state index >= 15 is 0 Å². The van der Waals surface area contributed by atoms with Gasteiger partial charge in [0.2, 0.25) is 5.96 Å². The van der Waals surface area contributed by atoms with Crippen molar-refractivity contribution in [2.24, 2.45) is 20.9 Å². The topological polar surface area (TPSA) is 120 Å². The Morgan fingerprint density at radius 3 is 2.17 bits per heavy atom. The first kappa shape index (κ1) is 20.1. The maximum absolute atomic E-state index is 11.9. The van der Waals surface area contributed by atoms with E-state index < -0.39 is 16.0 Å². The molecule has 0 aliphatic carbocycles. The molecule has 0 radical (unpaired) electrons. The van der Waals surface area contributed by atoms with Crippen LogP contribution in [0.2, 0.25) is 0 Å². The molecule has 0 aliphatic heterocycles. The first-order valence-electron chi connectivity index (χ1n) is 8.69. The Balaban J connectivity index is 1.62. The highest BCUT2D eigenvalue weighted by Gasteiger charge is 2.12. The molecule has 0 saturated heterocycles. The van der Waals surface area contributed by atoms with Crippen molar-refractivity contribution in [3.63, 3.8) is 0 Å². The van der Waals surface area contributed by atoms with Crippen LogP contribution in [-0.4, -0.2) is 20.6 Å². The molecule has 8 heteroatoms. The third-order valence-electron chi connectivity index (χ3n) is 3.85. The summed E-state index contributed by atoms with van der Waals surface area (Å²) in [6.07, 6.45) is 1.68. The minimum Gasteiger partial charge on any atom is -0.489 e. The zero-order valence-corrected chi connectivity index (χ0v) is 16.3. The molecule has 0 atom stereocenters. The molecule has 29 heavy (non-hydrogen) atoms. The highest BCUT2D eigenvalue weighted by atomic mass is 32.2. The monoisotopic (exact) mass is 408 g/mol. The summed E-state index contributed by atoms with van der Waals surface area (Å²) >= 11 is 0. The summed E-state index contributed by atoms with van der Waals surface area (Å²) in [7, 11) is -3.90. The van der Waals surface area contributed by atoms with Gasteiger partial charge >= 0.3 is 0 Å². The second kappa shape index (κ2) is 9.03. The predicted molar refractivity (Wildman–Crippen MR) is 114 cm³/mol. The van der Waals surface area contributed by atoms with Crippen molar-refractivity contribution in [2.75, 3.05) is 0 Å². The Bertz CT molecular complexity index is 1100. The third-order valence-corrected chi connectivity index (χ3v) is 5.17. The van der Waals surface area contributed by atoms with E-state index in [-0.39, 0.29) is 4.90 Å². The summed E-state index contributed by atoms with van der Waals surface area (Å²) in [6, 6.07) is 23.4. The lowest BCUT2D eigenvalue weighted by atomic mass is 10.2. The molecule has 3 aromatic rings. The van der Waals surface area contributed by atoms with Crippen LogP contribution in [0.3, 0.4) is 0 Å². The number of sulfonamides is 1. The van der Waals surface area contributed by atoms with E-state index in [1.807, 2.05) is 54.6 Å². The molecule has 0 aromatic heterocycles. The van der Waals surface area contributed by atoms with Gasteiger partial charge in [0.15, 0.2) is 0 Å². The quantitative estimate of drug-likeness (QED) is 0.460. The molecule has 0 fully saturated rings. The Kier molecular flexibility index (Phi) is 6.25. The van der Waals surface area contributed by atoms with Crippen LogP contribution in [0.1, 0.15) is 11.1 Å². The van der Waals surface area contributed by atoms with Crippen molar-refractivity contribution >= 4 is 27.9 Å². The van der Waals surface area contributed by atoms with Crippen molar-refractivity contribution in [1.29, 1.82) is 0 Å². The van der Waals surface area contributed by atoms with Crippen LogP contribution in [-0.2, 0) is 16.6 Å². The maximum atomic E-state index is 11.9. The van der Waals surface area contributed by atoms with Gasteiger partial charge in [-0.15, -0.1) is 4.40 Å². The maximum Gasteiger partial charge on any atom is 0.285 e. The number of nitrogens with two attached hydrogens (primary N) is 2. The van der Waals surface area contributed by atoms with E-state index in [2.05, 4.69) is 9.39 Å². The minimum atomic E-state index is -3.90. The molecule has 3 rings (SSSR count). The van der Waals surface area contributed by atoms with Crippen LogP contribution in [0.5, 0.6) is 5.75 Å². The minimum absolute atomic E-state index is 0.00947. The summed E-state index contributed by atoms with van der Waals surface area (Å²) in [6.45, 7) is 0.503. The van der Waals surface area contributed by atoms with E-state index in [9.17, 15) is 8.42 Å². The number of guanidine groups is 1. The molecule has 0 unspecified atom stereocenters. The molecular weight excluding hydrogens is 388 g/mol. The largest absolute Gasteiger partial charge is 0.489 e. The van der Waals surface area contributed by atoms with Crippen LogP contribution in [0.4, 0.5) is 5.69 Å². The summed E-state index contributed by atoms with van der Waals surface area (Å²) in [4.78, 5) is 4.33. The molecule has 0 bridgehead atoms. The van der Waals surface area contributed by atoms with E-state index in [4.69, 9.17) is 16.2 Å². The smallest absolute Gasteiger partial charge is 0.285 e. The molecule has 0 amide bonds. The summed E-state index contributed by atoms with van der Waals surface area (Å²) in [5.74, 6) is 0.253. The Morgan fingerprint density at radius 1 is 0.897 bits per heavy atom. The first-order valence-corrected chi connectivity index (χ1v) is 10.1. The normalized spacial score (nSPS) is 11.3. The molecule has 148 valence electrons. The molecule has 3 aromatic carbocycles. The fraction of sp³-hybridized carbons (Fsp3) is 0.0476. The number of nitrogens with zero attached hydrogens (tertiary/aromatic N) is 2. The van der Waals surface area contributed by atoms with E-state index in [0.29, 0.717) is 12.3 Å². The number of hydrogen-bond donors (Lipinski definition) is 2. The van der Waals surface area contributed by atoms with Gasteiger partial charge in [0, 0.05) is 6.21 Å². The second-order valence-corrected chi connectivity index (χ2v) is 7.69. The van der Waals surface area contributed by atoms with Gasteiger partial charge in [0.25, 0.3) is 10.0 Å². The van der Waals surface area contributed by atoms with Gasteiger partial charge in [0.05, 0.1) is 10.6 Å². The van der Waals surface area contributed by atoms with Crippen molar-refractivity contribution in [3.05, 3.63) is 90.0 Å². The number of hydrogen-bond acceptors (Lipinski definition) is 4. The Morgan fingerprint density at radius 2 is 1.55 bits per heavy atom. The number of ether oxygens (including phenoxy) is 1. The van der Waals surface area contributed by atoms with Gasteiger partial charge in [0.1, 0.15) is 12.4 Å². The average molecular weight is 408 g/mol. The Hall–Kier alpha value is -3.65. The second-order valence-electron chi connectivity index (χ2n) is 6.09. The lowest BCUT2D eigenvalue weighted by molar-refractivity contribution is 0.306. The van der Waals surface area contributed by atoms with Crippen molar-refractivity contribution in [2.45, 2.75) is 11.5 Å². The summed E-state index contributed by atoms with van der Waals surface area (Å²) < 4.78 is 32.8. The fourth-order valence-electron chi connectivity index (χ4n) is 2.44. The van der Waals surface area contributed by atoms with Gasteiger partial charge in [-0.2, -0.15) is 8.42 Å². The molecular formula is C21H20N4O3S. The highest BCUT2D eigenvalue weighted by molar-refractivity contribution is 7.90. The SMILES string of the molecule is NC(N)=NS(=O)(=O)c1ccc(N=Cc2ccc(OCc3ccccc3)cc2)cc1. The number of benzene rings is 3. The molecule has 0 heterocycles. The van der Waals surface area contributed by atoms with Gasteiger partial charge in [-0.3, -0.25) is 4.99 Å². The first-order chi connectivity index (χ1) is 13.9. The molecule has 0 spiro atoms. The molecule has 7 nitrogen and oxygen atoms in total. The molecule has 0 saturated carbocycles. The lowest BCUT2D eigenvalue weighted by Gasteiger charge is -2.06. The number of rotatable bonds is 7. The zero-order chi connectivity index (χ0) is 20.7. The van der Waals surface area contributed by atoms with Crippen molar-refractivity contribution in [1.82, 2.24) is 0 Å². The van der Waals surface area contributed by atoms with Crippen LogP contribution in [0.15, 0.2) is 93.1 Å². The number of aliphatic imine (C=N–C) groups is 1. The predicted octanol–water partition coefficient (Wildman–Crippen LogP) is 2.98. The van der Waals surface area contributed by atoms with E-state index in [1.54, 1.807) is 18.3 Å². The molecule has 4 N–H and O–H groups in total. The standard InChI is InChI=1S/C21H20N4O3S/c22-21(23)25-29(26,27)20-12-8-18(9-13-20)24-14-16-6-10-19(11-7-16)28-15-17-4-2-1-3-5-17/h1-14H,15H2,(H4,22,23,25).